The van der Waals surface area contributed by atoms with Gasteiger partial charge in [0.15, 0.2) is 6.29 Å². The van der Waals surface area contributed by atoms with Gasteiger partial charge in [-0.1, -0.05) is 12.8 Å². The van der Waals surface area contributed by atoms with E-state index in [2.05, 4.69) is 26.1 Å². The molecule has 1 saturated carbocycles. The lowest BCUT2D eigenvalue weighted by molar-refractivity contribution is -0.198. The van der Waals surface area contributed by atoms with Crippen molar-refractivity contribution in [3.8, 4) is 0 Å². The van der Waals surface area contributed by atoms with E-state index in [9.17, 15) is 9.59 Å². The molecule has 9 nitrogen and oxygen atoms in total. The van der Waals surface area contributed by atoms with Gasteiger partial charge in [-0.3, -0.25) is 14.6 Å². The van der Waals surface area contributed by atoms with Gasteiger partial charge in [-0.05, 0) is 38.7 Å². The maximum Gasteiger partial charge on any atom is 0.267 e. The number of hydroxylamine groups is 1. The third kappa shape index (κ3) is 7.10. The summed E-state index contributed by atoms with van der Waals surface area (Å²) < 4.78 is 5.37. The molecule has 29 heavy (non-hydrogen) atoms. The van der Waals surface area contributed by atoms with Gasteiger partial charge >= 0.3 is 0 Å². The molecule has 158 valence electrons. The van der Waals surface area contributed by atoms with Crippen LogP contribution in [0.5, 0.6) is 0 Å². The van der Waals surface area contributed by atoms with E-state index in [1.54, 1.807) is 6.92 Å². The van der Waals surface area contributed by atoms with E-state index in [4.69, 9.17) is 9.57 Å². The van der Waals surface area contributed by atoms with E-state index in [-0.39, 0.29) is 18.2 Å². The molecule has 0 aromatic carbocycles. The summed E-state index contributed by atoms with van der Waals surface area (Å²) >= 11 is 0. The van der Waals surface area contributed by atoms with Crippen molar-refractivity contribution in [2.45, 2.75) is 70.2 Å². The van der Waals surface area contributed by atoms with E-state index in [1.807, 2.05) is 0 Å². The van der Waals surface area contributed by atoms with Gasteiger partial charge in [0.25, 0.3) is 5.91 Å². The number of amides is 2. The number of hydrogen-bond donors (Lipinski definition) is 3. The first-order chi connectivity index (χ1) is 14.1. The van der Waals surface area contributed by atoms with Gasteiger partial charge in [-0.2, -0.15) is 0 Å². The third-order valence-corrected chi connectivity index (χ3v) is 4.97. The molecule has 0 spiro atoms. The van der Waals surface area contributed by atoms with Crippen molar-refractivity contribution in [2.24, 2.45) is 0 Å². The van der Waals surface area contributed by atoms with Gasteiger partial charge < -0.3 is 15.4 Å². The van der Waals surface area contributed by atoms with Crippen molar-refractivity contribution in [1.29, 1.82) is 0 Å². The predicted molar refractivity (Wildman–Crippen MR) is 107 cm³/mol. The molecule has 0 radical (unpaired) electrons. The zero-order valence-corrected chi connectivity index (χ0v) is 16.7. The fraction of sp³-hybridized carbons (Fsp3) is 0.600. The summed E-state index contributed by atoms with van der Waals surface area (Å²) in [5.41, 5.74) is 2.86. The van der Waals surface area contributed by atoms with Crippen molar-refractivity contribution in [3.05, 3.63) is 24.2 Å². The standard InChI is InChI=1S/C20H29N5O4/c1-14(20(27)24-15-6-2-3-7-15)23-17-13-21-16(12-22-17)9-10-18(26)25-29-19-8-4-5-11-28-19/h9-10,12-15,19H,2-8,11H2,1H3,(H,22,23)(H,24,27)(H,25,26)/t14-,19?/m1/s1. The van der Waals surface area contributed by atoms with Crippen molar-refractivity contribution < 1.29 is 19.2 Å². The zero-order valence-electron chi connectivity index (χ0n) is 16.7. The molecular formula is C20H29N5O4. The van der Waals surface area contributed by atoms with Crippen LogP contribution in [-0.2, 0) is 19.2 Å². The Balaban J connectivity index is 1.40. The van der Waals surface area contributed by atoms with Crippen molar-refractivity contribution in [1.82, 2.24) is 20.8 Å². The second-order valence-corrected chi connectivity index (χ2v) is 7.40. The summed E-state index contributed by atoms with van der Waals surface area (Å²) in [5.74, 6) is 0.0557. The maximum atomic E-state index is 12.2. The average Bonchev–Trinajstić information content (AvgIpc) is 3.25. The lowest BCUT2D eigenvalue weighted by Gasteiger charge is -2.21. The summed E-state index contributed by atoms with van der Waals surface area (Å²) in [4.78, 5) is 37.7. The van der Waals surface area contributed by atoms with Crippen LogP contribution in [0.2, 0.25) is 0 Å². The van der Waals surface area contributed by atoms with Crippen LogP contribution >= 0.6 is 0 Å². The SMILES string of the molecule is C[C@@H](Nc1cnc(C=CC(=O)NOC2CCCCO2)cn1)C(=O)NC1CCCC1. The van der Waals surface area contributed by atoms with Gasteiger partial charge in [0, 0.05) is 25.1 Å². The first kappa shape index (κ1) is 21.2. The smallest absolute Gasteiger partial charge is 0.267 e. The van der Waals surface area contributed by atoms with Crippen molar-refractivity contribution in [2.75, 3.05) is 11.9 Å². The van der Waals surface area contributed by atoms with Crippen LogP contribution in [0.15, 0.2) is 18.5 Å². The van der Waals surface area contributed by atoms with E-state index in [0.717, 1.165) is 32.1 Å². The topological polar surface area (TPSA) is 114 Å². The van der Waals surface area contributed by atoms with Gasteiger partial charge in [0.1, 0.15) is 11.9 Å². The summed E-state index contributed by atoms with van der Waals surface area (Å²) in [6.45, 7) is 2.44. The Bertz CT molecular complexity index is 697. The maximum absolute atomic E-state index is 12.2. The number of aromatic nitrogens is 2. The minimum absolute atomic E-state index is 0.0405. The molecule has 2 aliphatic rings. The quantitative estimate of drug-likeness (QED) is 0.449. The lowest BCUT2D eigenvalue weighted by atomic mass is 10.2. The van der Waals surface area contributed by atoms with Crippen molar-refractivity contribution in [3.63, 3.8) is 0 Å². The molecule has 1 aromatic heterocycles. The second-order valence-electron chi connectivity index (χ2n) is 7.40. The van der Waals surface area contributed by atoms with Crippen LogP contribution in [-0.4, -0.2) is 46.8 Å². The molecule has 1 aliphatic carbocycles. The molecule has 2 amide bonds. The highest BCUT2D eigenvalue weighted by Crippen LogP contribution is 2.18. The molecule has 0 bridgehead atoms. The number of anilines is 1. The molecule has 2 atom stereocenters. The molecule has 1 aromatic rings. The molecule has 2 fully saturated rings. The van der Waals surface area contributed by atoms with E-state index in [0.29, 0.717) is 18.1 Å². The van der Waals surface area contributed by atoms with E-state index >= 15 is 0 Å². The Labute approximate surface area is 170 Å². The Morgan fingerprint density at radius 3 is 2.66 bits per heavy atom. The van der Waals surface area contributed by atoms with Crippen LogP contribution < -0.4 is 16.1 Å². The molecule has 3 N–H and O–H groups in total. The van der Waals surface area contributed by atoms with Gasteiger partial charge in [-0.25, -0.2) is 15.3 Å². The zero-order chi connectivity index (χ0) is 20.5. The van der Waals surface area contributed by atoms with E-state index < -0.39 is 11.9 Å². The molecular weight excluding hydrogens is 374 g/mol. The van der Waals surface area contributed by atoms with Crippen LogP contribution in [0.1, 0.15) is 57.6 Å². The highest BCUT2D eigenvalue weighted by atomic mass is 16.8. The Morgan fingerprint density at radius 2 is 1.97 bits per heavy atom. The monoisotopic (exact) mass is 403 g/mol. The predicted octanol–water partition coefficient (Wildman–Crippen LogP) is 1.92. The fourth-order valence-corrected chi connectivity index (χ4v) is 3.31. The number of rotatable bonds is 8. The Kier molecular flexibility index (Phi) is 7.94. The Morgan fingerprint density at radius 1 is 1.17 bits per heavy atom. The summed E-state index contributed by atoms with van der Waals surface area (Å²) in [6, 6.07) is -0.124. The first-order valence-electron chi connectivity index (χ1n) is 10.2. The van der Waals surface area contributed by atoms with Gasteiger partial charge in [0.05, 0.1) is 18.1 Å². The number of hydrogen-bond acceptors (Lipinski definition) is 7. The molecule has 2 heterocycles. The normalized spacial score (nSPS) is 21.1. The largest absolute Gasteiger partial charge is 0.357 e. The highest BCUT2D eigenvalue weighted by molar-refractivity contribution is 5.90. The second kappa shape index (κ2) is 10.9. The first-order valence-corrected chi connectivity index (χ1v) is 10.2. The molecule has 9 heteroatoms. The number of nitrogens with zero attached hydrogens (tertiary/aromatic N) is 2. The number of carbonyl (C=O) groups excluding carboxylic acids is 2. The summed E-state index contributed by atoms with van der Waals surface area (Å²) in [6.07, 6.45) is 12.8. The number of nitrogens with one attached hydrogen (secondary N) is 3. The van der Waals surface area contributed by atoms with Gasteiger partial charge in [0.2, 0.25) is 5.91 Å². The molecule has 1 saturated heterocycles. The van der Waals surface area contributed by atoms with Crippen LogP contribution in [0, 0.1) is 0 Å². The van der Waals surface area contributed by atoms with E-state index in [1.165, 1.54) is 37.4 Å². The third-order valence-electron chi connectivity index (χ3n) is 4.97. The number of carbonyl (C=O) groups is 2. The minimum atomic E-state index is -0.406. The summed E-state index contributed by atoms with van der Waals surface area (Å²) in [7, 11) is 0. The molecule has 1 unspecified atom stereocenters. The lowest BCUT2D eigenvalue weighted by Crippen LogP contribution is -2.42. The van der Waals surface area contributed by atoms with Crippen molar-refractivity contribution >= 4 is 23.7 Å². The van der Waals surface area contributed by atoms with Crippen LogP contribution in [0.3, 0.4) is 0 Å². The van der Waals surface area contributed by atoms with Crippen LogP contribution in [0.25, 0.3) is 6.08 Å². The average molecular weight is 403 g/mol. The summed E-state index contributed by atoms with van der Waals surface area (Å²) in [5, 5.41) is 6.09. The molecule has 1 aliphatic heterocycles. The van der Waals surface area contributed by atoms with Gasteiger partial charge in [-0.15, -0.1) is 0 Å². The highest BCUT2D eigenvalue weighted by Gasteiger charge is 2.20. The Hall–Kier alpha value is -2.52. The number of ether oxygens (including phenoxy) is 1. The fourth-order valence-electron chi connectivity index (χ4n) is 3.31. The van der Waals surface area contributed by atoms with Crippen LogP contribution in [0.4, 0.5) is 5.82 Å². The minimum Gasteiger partial charge on any atom is -0.357 e. The molecule has 3 rings (SSSR count).